The summed E-state index contributed by atoms with van der Waals surface area (Å²) in [6.07, 6.45) is 2.05. The second-order valence-electron chi connectivity index (χ2n) is 3.47. The zero-order chi connectivity index (χ0) is 10.7. The summed E-state index contributed by atoms with van der Waals surface area (Å²) in [5.41, 5.74) is 2.41. The largest absolute Gasteiger partial charge is 0.379 e. The molecule has 2 aromatic rings. The Hall–Kier alpha value is -1.22. The van der Waals surface area contributed by atoms with Gasteiger partial charge in [-0.2, -0.15) is 0 Å². The Morgan fingerprint density at radius 1 is 1.20 bits per heavy atom. The molecule has 0 saturated heterocycles. The number of benzene rings is 1. The molecule has 1 heterocycles. The second-order valence-corrected chi connectivity index (χ2v) is 4.39. The maximum atomic E-state index is 3.41. The molecule has 0 spiro atoms. The Bertz CT molecular complexity index is 431. The van der Waals surface area contributed by atoms with Crippen molar-refractivity contribution in [1.82, 2.24) is 4.57 Å². The van der Waals surface area contributed by atoms with Gasteiger partial charge in [0.05, 0.1) is 6.54 Å². The van der Waals surface area contributed by atoms with E-state index in [1.54, 1.807) is 0 Å². The van der Waals surface area contributed by atoms with Crippen LogP contribution in [0.15, 0.2) is 47.1 Å². The first-order chi connectivity index (χ1) is 7.25. The number of anilines is 1. The molecule has 3 heteroatoms. The molecule has 0 aliphatic rings. The highest BCUT2D eigenvalue weighted by Crippen LogP contribution is 2.14. The topological polar surface area (TPSA) is 17.0 Å². The van der Waals surface area contributed by atoms with Crippen LogP contribution in [0.4, 0.5) is 5.69 Å². The van der Waals surface area contributed by atoms with Gasteiger partial charge in [-0.3, -0.25) is 0 Å². The van der Waals surface area contributed by atoms with Gasteiger partial charge in [0, 0.05) is 29.1 Å². The summed E-state index contributed by atoms with van der Waals surface area (Å²) in [4.78, 5) is 0. The van der Waals surface area contributed by atoms with Gasteiger partial charge in [0.15, 0.2) is 0 Å². The molecule has 0 saturated carbocycles. The van der Waals surface area contributed by atoms with Crippen LogP contribution in [0.2, 0.25) is 0 Å². The molecule has 0 atom stereocenters. The van der Waals surface area contributed by atoms with E-state index in [0.717, 1.165) is 16.7 Å². The van der Waals surface area contributed by atoms with Gasteiger partial charge in [-0.05, 0) is 36.4 Å². The van der Waals surface area contributed by atoms with Crippen molar-refractivity contribution in [3.63, 3.8) is 0 Å². The predicted octanol–water partition coefficient (Wildman–Crippen LogP) is 3.40. The van der Waals surface area contributed by atoms with E-state index in [1.165, 1.54) is 5.69 Å². The highest BCUT2D eigenvalue weighted by Gasteiger charge is 1.96. The van der Waals surface area contributed by atoms with Crippen molar-refractivity contribution in [2.45, 2.75) is 6.54 Å². The van der Waals surface area contributed by atoms with Crippen molar-refractivity contribution in [1.29, 1.82) is 0 Å². The molecule has 2 rings (SSSR count). The van der Waals surface area contributed by atoms with Crippen LogP contribution in [0.25, 0.3) is 0 Å². The lowest BCUT2D eigenvalue weighted by atomic mass is 10.3. The molecular formula is C12H13BrN2. The number of rotatable bonds is 3. The first-order valence-electron chi connectivity index (χ1n) is 4.85. The van der Waals surface area contributed by atoms with Gasteiger partial charge in [0.1, 0.15) is 0 Å². The standard InChI is InChI=1S/C12H13BrN2/c1-15-8-2-3-12(15)9-14-11-6-4-10(13)5-7-11/h2-8,14H,9H2,1H3. The summed E-state index contributed by atoms with van der Waals surface area (Å²) in [5, 5.41) is 3.37. The third kappa shape index (κ3) is 2.63. The Labute approximate surface area is 98.1 Å². The molecule has 1 aromatic carbocycles. The summed E-state index contributed by atoms with van der Waals surface area (Å²) in [7, 11) is 2.05. The van der Waals surface area contributed by atoms with Crippen LogP contribution >= 0.6 is 15.9 Å². The lowest BCUT2D eigenvalue weighted by molar-refractivity contribution is 0.842. The zero-order valence-electron chi connectivity index (χ0n) is 8.57. The first-order valence-corrected chi connectivity index (χ1v) is 5.64. The molecule has 0 unspecified atom stereocenters. The number of halogens is 1. The highest BCUT2D eigenvalue weighted by molar-refractivity contribution is 9.10. The number of aryl methyl sites for hydroxylation is 1. The fourth-order valence-electron chi connectivity index (χ4n) is 1.44. The molecule has 15 heavy (non-hydrogen) atoms. The third-order valence-corrected chi connectivity index (χ3v) is 2.90. The zero-order valence-corrected chi connectivity index (χ0v) is 10.2. The van der Waals surface area contributed by atoms with Crippen LogP contribution in [0.1, 0.15) is 5.69 Å². The summed E-state index contributed by atoms with van der Waals surface area (Å²) < 4.78 is 3.22. The van der Waals surface area contributed by atoms with E-state index in [0.29, 0.717) is 0 Å². The quantitative estimate of drug-likeness (QED) is 0.900. The molecule has 78 valence electrons. The molecular weight excluding hydrogens is 252 g/mol. The molecule has 2 nitrogen and oxygen atoms in total. The van der Waals surface area contributed by atoms with E-state index in [1.807, 2.05) is 12.1 Å². The summed E-state index contributed by atoms with van der Waals surface area (Å²) in [6.45, 7) is 0.852. The average molecular weight is 265 g/mol. The van der Waals surface area contributed by atoms with Crippen LogP contribution in [-0.4, -0.2) is 4.57 Å². The summed E-state index contributed by atoms with van der Waals surface area (Å²) in [6, 6.07) is 12.4. The number of nitrogens with one attached hydrogen (secondary N) is 1. The van der Waals surface area contributed by atoms with Gasteiger partial charge in [-0.1, -0.05) is 15.9 Å². The molecule has 0 radical (unpaired) electrons. The Morgan fingerprint density at radius 3 is 2.53 bits per heavy atom. The Morgan fingerprint density at radius 2 is 1.93 bits per heavy atom. The fourth-order valence-corrected chi connectivity index (χ4v) is 1.70. The van der Waals surface area contributed by atoms with Crippen molar-refractivity contribution >= 4 is 21.6 Å². The average Bonchev–Trinajstić information content (AvgIpc) is 2.63. The van der Waals surface area contributed by atoms with Gasteiger partial charge < -0.3 is 9.88 Å². The molecule has 0 bridgehead atoms. The van der Waals surface area contributed by atoms with Crippen LogP contribution in [0.3, 0.4) is 0 Å². The minimum atomic E-state index is 0.852. The molecule has 1 aromatic heterocycles. The van der Waals surface area contributed by atoms with Gasteiger partial charge in [-0.15, -0.1) is 0 Å². The molecule has 1 N–H and O–H groups in total. The SMILES string of the molecule is Cn1cccc1CNc1ccc(Br)cc1. The van der Waals surface area contributed by atoms with E-state index in [4.69, 9.17) is 0 Å². The smallest absolute Gasteiger partial charge is 0.0553 e. The number of aromatic nitrogens is 1. The van der Waals surface area contributed by atoms with E-state index in [2.05, 4.69) is 63.3 Å². The lowest BCUT2D eigenvalue weighted by Crippen LogP contribution is -2.03. The number of hydrogen-bond acceptors (Lipinski definition) is 1. The van der Waals surface area contributed by atoms with Crippen molar-refractivity contribution in [3.05, 3.63) is 52.8 Å². The number of nitrogens with zero attached hydrogens (tertiary/aromatic N) is 1. The Kier molecular flexibility index (Phi) is 3.11. The normalized spacial score (nSPS) is 10.3. The van der Waals surface area contributed by atoms with E-state index in [9.17, 15) is 0 Å². The highest BCUT2D eigenvalue weighted by atomic mass is 79.9. The van der Waals surface area contributed by atoms with Crippen LogP contribution < -0.4 is 5.32 Å². The number of hydrogen-bond donors (Lipinski definition) is 1. The van der Waals surface area contributed by atoms with E-state index < -0.39 is 0 Å². The minimum Gasteiger partial charge on any atom is -0.379 e. The third-order valence-electron chi connectivity index (χ3n) is 2.37. The maximum absolute atomic E-state index is 3.41. The summed E-state index contributed by atoms with van der Waals surface area (Å²) >= 11 is 3.41. The van der Waals surface area contributed by atoms with Gasteiger partial charge in [-0.25, -0.2) is 0 Å². The second kappa shape index (κ2) is 4.53. The monoisotopic (exact) mass is 264 g/mol. The van der Waals surface area contributed by atoms with E-state index >= 15 is 0 Å². The first kappa shape index (κ1) is 10.3. The van der Waals surface area contributed by atoms with Crippen molar-refractivity contribution in [2.75, 3.05) is 5.32 Å². The molecule has 0 amide bonds. The summed E-state index contributed by atoms with van der Waals surface area (Å²) in [5.74, 6) is 0. The molecule has 0 aliphatic carbocycles. The van der Waals surface area contributed by atoms with Gasteiger partial charge in [0.2, 0.25) is 0 Å². The van der Waals surface area contributed by atoms with E-state index in [-0.39, 0.29) is 0 Å². The van der Waals surface area contributed by atoms with Crippen LogP contribution in [0.5, 0.6) is 0 Å². The van der Waals surface area contributed by atoms with Crippen LogP contribution in [-0.2, 0) is 13.6 Å². The fraction of sp³-hybridized carbons (Fsp3) is 0.167. The maximum Gasteiger partial charge on any atom is 0.0553 e. The predicted molar refractivity (Wildman–Crippen MR) is 66.9 cm³/mol. The van der Waals surface area contributed by atoms with Crippen molar-refractivity contribution in [3.8, 4) is 0 Å². The van der Waals surface area contributed by atoms with Crippen LogP contribution in [0, 0.1) is 0 Å². The lowest BCUT2D eigenvalue weighted by Gasteiger charge is -2.07. The van der Waals surface area contributed by atoms with Crippen molar-refractivity contribution < 1.29 is 0 Å². The minimum absolute atomic E-state index is 0.852. The van der Waals surface area contributed by atoms with Gasteiger partial charge >= 0.3 is 0 Å². The molecule has 0 fully saturated rings. The Balaban J connectivity index is 1.99. The van der Waals surface area contributed by atoms with Gasteiger partial charge in [0.25, 0.3) is 0 Å². The van der Waals surface area contributed by atoms with Crippen molar-refractivity contribution in [2.24, 2.45) is 7.05 Å². The molecule has 0 aliphatic heterocycles.